The molecule has 0 radical (unpaired) electrons. The number of rotatable bonds is 5. The highest BCUT2D eigenvalue weighted by atomic mass is 32.1. The van der Waals surface area contributed by atoms with Crippen molar-refractivity contribution in [3.05, 3.63) is 35.5 Å². The van der Waals surface area contributed by atoms with Gasteiger partial charge in [0, 0.05) is 37.9 Å². The molecule has 1 aliphatic carbocycles. The number of nitrogens with zero attached hydrogens (tertiary/aromatic N) is 3. The van der Waals surface area contributed by atoms with Gasteiger partial charge in [-0.3, -0.25) is 0 Å². The van der Waals surface area contributed by atoms with Crippen LogP contribution in [-0.2, 0) is 0 Å². The summed E-state index contributed by atoms with van der Waals surface area (Å²) in [6, 6.07) is 7.73. The van der Waals surface area contributed by atoms with Crippen molar-refractivity contribution in [1.82, 2.24) is 15.3 Å². The van der Waals surface area contributed by atoms with Crippen LogP contribution in [0.25, 0.3) is 10.2 Å². The number of halogens is 1. The fraction of sp³-hybridized carbons (Fsp3) is 0.429. The lowest BCUT2D eigenvalue weighted by molar-refractivity contribution is 0.566. The van der Waals surface area contributed by atoms with Gasteiger partial charge >= 0.3 is 0 Å². The summed E-state index contributed by atoms with van der Waals surface area (Å²) < 4.78 is 15.8. The minimum Gasteiger partial charge on any atom is -0.367 e. The molecular formula is C21H25FN6S. The van der Waals surface area contributed by atoms with Crippen molar-refractivity contribution in [3.8, 4) is 0 Å². The fourth-order valence-corrected chi connectivity index (χ4v) is 4.94. The molecule has 2 aromatic heterocycles. The molecule has 8 heteroatoms. The molecule has 1 aromatic carbocycles. The van der Waals surface area contributed by atoms with Crippen LogP contribution in [0.4, 0.5) is 27.5 Å². The highest BCUT2D eigenvalue weighted by molar-refractivity contribution is 7.17. The third-order valence-electron chi connectivity index (χ3n) is 5.66. The predicted octanol–water partition coefficient (Wildman–Crippen LogP) is 4.34. The minimum absolute atomic E-state index is 0.224. The maximum absolute atomic E-state index is 14.7. The van der Waals surface area contributed by atoms with Crippen molar-refractivity contribution in [2.24, 2.45) is 0 Å². The summed E-state index contributed by atoms with van der Waals surface area (Å²) in [5.41, 5.74) is 2.21. The Balaban J connectivity index is 1.38. The van der Waals surface area contributed by atoms with Crippen LogP contribution in [-0.4, -0.2) is 42.2 Å². The van der Waals surface area contributed by atoms with Crippen LogP contribution in [0.15, 0.2) is 29.6 Å². The van der Waals surface area contributed by atoms with E-state index in [9.17, 15) is 4.39 Å². The first-order chi connectivity index (χ1) is 14.3. The SMILES string of the molecule is Fc1cc(Nc2nc(NC3CCCC3)c3sccc3n2)ccc1N1CCNCC1. The van der Waals surface area contributed by atoms with Gasteiger partial charge in [0.05, 0.1) is 15.9 Å². The molecule has 29 heavy (non-hydrogen) atoms. The quantitative estimate of drug-likeness (QED) is 0.579. The second-order valence-corrected chi connectivity index (χ2v) is 8.60. The molecule has 0 bridgehead atoms. The molecular weight excluding hydrogens is 387 g/mol. The molecule has 2 fully saturated rings. The van der Waals surface area contributed by atoms with Gasteiger partial charge in [-0.05, 0) is 42.5 Å². The lowest BCUT2D eigenvalue weighted by Gasteiger charge is -2.29. The summed E-state index contributed by atoms with van der Waals surface area (Å²) in [7, 11) is 0. The molecule has 0 spiro atoms. The van der Waals surface area contributed by atoms with E-state index in [4.69, 9.17) is 4.98 Å². The predicted molar refractivity (Wildman–Crippen MR) is 118 cm³/mol. The smallest absolute Gasteiger partial charge is 0.229 e. The summed E-state index contributed by atoms with van der Waals surface area (Å²) >= 11 is 1.65. The Bertz CT molecular complexity index is 994. The first kappa shape index (κ1) is 18.6. The molecule has 1 aliphatic heterocycles. The largest absolute Gasteiger partial charge is 0.367 e. The van der Waals surface area contributed by atoms with E-state index in [1.807, 2.05) is 23.6 Å². The number of hydrogen-bond acceptors (Lipinski definition) is 7. The first-order valence-corrected chi connectivity index (χ1v) is 11.2. The van der Waals surface area contributed by atoms with Crippen molar-refractivity contribution >= 4 is 44.7 Å². The van der Waals surface area contributed by atoms with Gasteiger partial charge in [-0.2, -0.15) is 4.98 Å². The van der Waals surface area contributed by atoms with Crippen molar-refractivity contribution in [2.45, 2.75) is 31.7 Å². The van der Waals surface area contributed by atoms with E-state index < -0.39 is 0 Å². The van der Waals surface area contributed by atoms with Crippen LogP contribution in [0.2, 0.25) is 0 Å². The Kier molecular flexibility index (Phi) is 5.20. The summed E-state index contributed by atoms with van der Waals surface area (Å²) in [4.78, 5) is 11.4. The normalized spacial score (nSPS) is 17.8. The first-order valence-electron chi connectivity index (χ1n) is 10.3. The Labute approximate surface area is 173 Å². The van der Waals surface area contributed by atoms with Gasteiger partial charge in [0.2, 0.25) is 5.95 Å². The molecule has 5 rings (SSSR count). The molecule has 0 amide bonds. The topological polar surface area (TPSA) is 65.1 Å². The molecule has 152 valence electrons. The van der Waals surface area contributed by atoms with Gasteiger partial charge in [0.1, 0.15) is 11.6 Å². The fourth-order valence-electron chi connectivity index (χ4n) is 4.16. The second kappa shape index (κ2) is 8.12. The molecule has 6 nitrogen and oxygen atoms in total. The van der Waals surface area contributed by atoms with Crippen molar-refractivity contribution in [1.29, 1.82) is 0 Å². The average molecular weight is 413 g/mol. The standard InChI is InChI=1S/C21H25FN6S/c22-16-13-15(5-6-18(16)28-10-8-23-9-11-28)25-21-26-17-7-12-29-19(17)20(27-21)24-14-3-1-2-4-14/h5-7,12-14,23H,1-4,8-11H2,(H2,24,25,26,27). The average Bonchev–Trinajstić information content (AvgIpc) is 3.41. The Morgan fingerprint density at radius 2 is 1.93 bits per heavy atom. The van der Waals surface area contributed by atoms with E-state index in [0.717, 1.165) is 42.2 Å². The lowest BCUT2D eigenvalue weighted by Crippen LogP contribution is -2.43. The second-order valence-electron chi connectivity index (χ2n) is 7.68. The maximum atomic E-state index is 14.7. The van der Waals surface area contributed by atoms with E-state index in [-0.39, 0.29) is 5.82 Å². The highest BCUT2D eigenvalue weighted by Gasteiger charge is 2.19. The van der Waals surface area contributed by atoms with Gasteiger partial charge in [0.15, 0.2) is 0 Å². The number of hydrogen-bond donors (Lipinski definition) is 3. The molecule has 0 atom stereocenters. The van der Waals surface area contributed by atoms with Crippen molar-refractivity contribution in [2.75, 3.05) is 41.7 Å². The number of nitrogens with one attached hydrogen (secondary N) is 3. The number of thiophene rings is 1. The minimum atomic E-state index is -0.224. The number of fused-ring (bicyclic) bond motifs is 1. The van der Waals surface area contributed by atoms with E-state index >= 15 is 0 Å². The summed E-state index contributed by atoms with van der Waals surface area (Å²) in [5.74, 6) is 1.14. The molecule has 3 N–H and O–H groups in total. The number of piperazine rings is 1. The molecule has 2 aliphatic rings. The third kappa shape index (κ3) is 4.00. The Morgan fingerprint density at radius 3 is 2.72 bits per heavy atom. The van der Waals surface area contributed by atoms with Gasteiger partial charge in [0.25, 0.3) is 0 Å². The molecule has 3 aromatic rings. The van der Waals surface area contributed by atoms with Gasteiger partial charge in [-0.1, -0.05) is 12.8 Å². The Morgan fingerprint density at radius 1 is 1.10 bits per heavy atom. The maximum Gasteiger partial charge on any atom is 0.229 e. The van der Waals surface area contributed by atoms with Crippen LogP contribution in [0.1, 0.15) is 25.7 Å². The van der Waals surface area contributed by atoms with Crippen LogP contribution >= 0.6 is 11.3 Å². The van der Waals surface area contributed by atoms with Crippen LogP contribution in [0, 0.1) is 5.82 Å². The monoisotopic (exact) mass is 412 g/mol. The molecule has 1 saturated carbocycles. The zero-order valence-electron chi connectivity index (χ0n) is 16.2. The Hall–Kier alpha value is -2.45. The van der Waals surface area contributed by atoms with Gasteiger partial charge in [-0.25, -0.2) is 9.37 Å². The summed E-state index contributed by atoms with van der Waals surface area (Å²) in [6.07, 6.45) is 4.89. The van der Waals surface area contributed by atoms with E-state index in [1.54, 1.807) is 11.3 Å². The molecule has 0 unspecified atom stereocenters. The zero-order valence-corrected chi connectivity index (χ0v) is 17.1. The van der Waals surface area contributed by atoms with E-state index in [0.29, 0.717) is 23.4 Å². The van der Waals surface area contributed by atoms with Crippen molar-refractivity contribution < 1.29 is 4.39 Å². The third-order valence-corrected chi connectivity index (χ3v) is 6.57. The van der Waals surface area contributed by atoms with Gasteiger partial charge in [-0.15, -0.1) is 11.3 Å². The number of anilines is 4. The number of aromatic nitrogens is 2. The molecule has 1 saturated heterocycles. The zero-order chi connectivity index (χ0) is 19.6. The lowest BCUT2D eigenvalue weighted by atomic mass is 10.2. The van der Waals surface area contributed by atoms with Crippen LogP contribution in [0.3, 0.4) is 0 Å². The molecule has 3 heterocycles. The summed E-state index contributed by atoms with van der Waals surface area (Å²) in [5, 5.41) is 12.1. The number of benzene rings is 1. The highest BCUT2D eigenvalue weighted by Crippen LogP contribution is 2.31. The van der Waals surface area contributed by atoms with E-state index in [1.165, 1.54) is 31.7 Å². The summed E-state index contributed by atoms with van der Waals surface area (Å²) in [6.45, 7) is 3.39. The van der Waals surface area contributed by atoms with Crippen molar-refractivity contribution in [3.63, 3.8) is 0 Å². The van der Waals surface area contributed by atoms with Crippen LogP contribution in [0.5, 0.6) is 0 Å². The van der Waals surface area contributed by atoms with E-state index in [2.05, 4.69) is 25.8 Å². The van der Waals surface area contributed by atoms with Gasteiger partial charge < -0.3 is 20.9 Å². The van der Waals surface area contributed by atoms with Crippen LogP contribution < -0.4 is 20.9 Å².